The predicted octanol–water partition coefficient (Wildman–Crippen LogP) is 3.64. The lowest BCUT2D eigenvalue weighted by Crippen LogP contribution is -2.41. The summed E-state index contributed by atoms with van der Waals surface area (Å²) >= 11 is 3.62. The second-order valence-electron chi connectivity index (χ2n) is 6.60. The van der Waals surface area contributed by atoms with Crippen LogP contribution in [-0.2, 0) is 6.54 Å². The smallest absolute Gasteiger partial charge is 0.0242 e. The van der Waals surface area contributed by atoms with E-state index in [2.05, 4.69) is 66.0 Å². The minimum atomic E-state index is 0.304. The zero-order valence-electron chi connectivity index (χ0n) is 12.2. The molecule has 1 aliphatic rings. The van der Waals surface area contributed by atoms with E-state index in [0.29, 0.717) is 17.4 Å². The standard InChI is InChI=1S/C16H25BrN2/c1-16(2)9-8-13(15(16)18)11-19(3)10-12-6-4-5-7-14(12)17/h4-7,13,15H,8-11,18H2,1-3H3. The number of nitrogens with zero attached hydrogens (tertiary/aromatic N) is 1. The van der Waals surface area contributed by atoms with Gasteiger partial charge in [-0.25, -0.2) is 0 Å². The Kier molecular flexibility index (Phi) is 4.70. The monoisotopic (exact) mass is 324 g/mol. The zero-order valence-corrected chi connectivity index (χ0v) is 13.8. The molecule has 1 aromatic rings. The van der Waals surface area contributed by atoms with Crippen LogP contribution in [0.3, 0.4) is 0 Å². The number of halogens is 1. The van der Waals surface area contributed by atoms with Crippen molar-refractivity contribution in [3.8, 4) is 0 Å². The molecule has 0 heterocycles. The molecule has 0 spiro atoms. The van der Waals surface area contributed by atoms with Gasteiger partial charge in [-0.05, 0) is 42.9 Å². The second-order valence-corrected chi connectivity index (χ2v) is 7.46. The third-order valence-corrected chi connectivity index (χ3v) is 5.29. The normalized spacial score (nSPS) is 26.0. The fourth-order valence-corrected chi connectivity index (χ4v) is 3.54. The third kappa shape index (κ3) is 3.59. The SMILES string of the molecule is CN(Cc1ccccc1Br)CC1CCC(C)(C)C1N. The molecule has 2 unspecified atom stereocenters. The maximum Gasteiger partial charge on any atom is 0.0242 e. The number of hydrogen-bond acceptors (Lipinski definition) is 2. The van der Waals surface area contributed by atoms with Gasteiger partial charge in [0.15, 0.2) is 0 Å². The first kappa shape index (κ1) is 15.0. The molecule has 2 N–H and O–H groups in total. The van der Waals surface area contributed by atoms with Crippen LogP contribution in [-0.4, -0.2) is 24.5 Å². The van der Waals surface area contributed by atoms with Gasteiger partial charge in [0.2, 0.25) is 0 Å². The van der Waals surface area contributed by atoms with Gasteiger partial charge in [0.05, 0.1) is 0 Å². The summed E-state index contributed by atoms with van der Waals surface area (Å²) in [5.41, 5.74) is 8.04. The second kappa shape index (κ2) is 5.94. The Labute approximate surface area is 125 Å². The van der Waals surface area contributed by atoms with Crippen LogP contribution >= 0.6 is 15.9 Å². The quantitative estimate of drug-likeness (QED) is 0.916. The predicted molar refractivity (Wildman–Crippen MR) is 85.0 cm³/mol. The number of nitrogens with two attached hydrogens (primary N) is 1. The van der Waals surface area contributed by atoms with Gasteiger partial charge < -0.3 is 10.6 Å². The van der Waals surface area contributed by atoms with Crippen LogP contribution in [0.5, 0.6) is 0 Å². The number of rotatable bonds is 4. The van der Waals surface area contributed by atoms with Crippen LogP contribution in [0.2, 0.25) is 0 Å². The highest BCUT2D eigenvalue weighted by Gasteiger charge is 2.39. The molecule has 1 aliphatic carbocycles. The summed E-state index contributed by atoms with van der Waals surface area (Å²) in [6, 6.07) is 8.77. The van der Waals surface area contributed by atoms with Crippen LogP contribution in [0.4, 0.5) is 0 Å². The van der Waals surface area contributed by atoms with E-state index >= 15 is 0 Å². The molecule has 2 nitrogen and oxygen atoms in total. The first-order chi connectivity index (χ1) is 8.90. The summed E-state index contributed by atoms with van der Waals surface area (Å²) in [7, 11) is 2.19. The van der Waals surface area contributed by atoms with E-state index in [0.717, 1.165) is 13.1 Å². The summed E-state index contributed by atoms with van der Waals surface area (Å²) in [6.45, 7) is 6.66. The summed E-state index contributed by atoms with van der Waals surface area (Å²) in [6.07, 6.45) is 2.51. The van der Waals surface area contributed by atoms with Gasteiger partial charge in [-0.15, -0.1) is 0 Å². The van der Waals surface area contributed by atoms with E-state index < -0.39 is 0 Å². The van der Waals surface area contributed by atoms with E-state index in [4.69, 9.17) is 5.73 Å². The third-order valence-electron chi connectivity index (χ3n) is 4.51. The molecule has 0 saturated heterocycles. The van der Waals surface area contributed by atoms with Crippen LogP contribution < -0.4 is 5.73 Å². The van der Waals surface area contributed by atoms with E-state index in [9.17, 15) is 0 Å². The Morgan fingerprint density at radius 2 is 2.05 bits per heavy atom. The van der Waals surface area contributed by atoms with Crippen molar-refractivity contribution in [1.29, 1.82) is 0 Å². The topological polar surface area (TPSA) is 29.3 Å². The highest BCUT2D eigenvalue weighted by molar-refractivity contribution is 9.10. The van der Waals surface area contributed by atoms with Gasteiger partial charge in [0.1, 0.15) is 0 Å². The van der Waals surface area contributed by atoms with E-state index in [1.165, 1.54) is 22.9 Å². The van der Waals surface area contributed by atoms with Gasteiger partial charge in [-0.2, -0.15) is 0 Å². The molecule has 1 fully saturated rings. The average molecular weight is 325 g/mol. The van der Waals surface area contributed by atoms with Crippen molar-refractivity contribution in [2.24, 2.45) is 17.1 Å². The molecule has 0 aliphatic heterocycles. The highest BCUT2D eigenvalue weighted by Crippen LogP contribution is 2.40. The molecule has 2 atom stereocenters. The van der Waals surface area contributed by atoms with E-state index in [-0.39, 0.29) is 0 Å². The number of hydrogen-bond donors (Lipinski definition) is 1. The lowest BCUT2D eigenvalue weighted by Gasteiger charge is -2.29. The van der Waals surface area contributed by atoms with Crippen molar-refractivity contribution in [1.82, 2.24) is 4.90 Å². The molecule has 106 valence electrons. The molecule has 0 amide bonds. The van der Waals surface area contributed by atoms with Gasteiger partial charge >= 0.3 is 0 Å². The van der Waals surface area contributed by atoms with Crippen molar-refractivity contribution in [2.75, 3.05) is 13.6 Å². The summed E-state index contributed by atoms with van der Waals surface area (Å²) in [5, 5.41) is 0. The molecular formula is C16H25BrN2. The Morgan fingerprint density at radius 3 is 2.63 bits per heavy atom. The summed E-state index contributed by atoms with van der Waals surface area (Å²) < 4.78 is 1.19. The molecule has 0 bridgehead atoms. The fraction of sp³-hybridized carbons (Fsp3) is 0.625. The van der Waals surface area contributed by atoms with Gasteiger partial charge in [0, 0.05) is 23.6 Å². The van der Waals surface area contributed by atoms with Crippen molar-refractivity contribution in [2.45, 2.75) is 39.3 Å². The van der Waals surface area contributed by atoms with Crippen molar-refractivity contribution >= 4 is 15.9 Å². The molecule has 1 saturated carbocycles. The lowest BCUT2D eigenvalue weighted by atomic mass is 9.85. The largest absolute Gasteiger partial charge is 0.327 e. The van der Waals surface area contributed by atoms with Gasteiger partial charge in [-0.3, -0.25) is 0 Å². The van der Waals surface area contributed by atoms with Crippen LogP contribution in [0.25, 0.3) is 0 Å². The Morgan fingerprint density at radius 1 is 1.37 bits per heavy atom. The lowest BCUT2D eigenvalue weighted by molar-refractivity contribution is 0.229. The van der Waals surface area contributed by atoms with Gasteiger partial charge in [-0.1, -0.05) is 48.0 Å². The minimum absolute atomic E-state index is 0.304. The molecule has 2 rings (SSSR count). The Balaban J connectivity index is 1.92. The average Bonchev–Trinajstić information content (AvgIpc) is 2.59. The summed E-state index contributed by atoms with van der Waals surface area (Å²) in [4.78, 5) is 2.39. The first-order valence-electron chi connectivity index (χ1n) is 7.07. The minimum Gasteiger partial charge on any atom is -0.327 e. The molecular weight excluding hydrogens is 300 g/mol. The highest BCUT2D eigenvalue weighted by atomic mass is 79.9. The van der Waals surface area contributed by atoms with E-state index in [1.807, 2.05) is 0 Å². The first-order valence-corrected chi connectivity index (χ1v) is 7.87. The van der Waals surface area contributed by atoms with Crippen molar-refractivity contribution in [3.63, 3.8) is 0 Å². The zero-order chi connectivity index (χ0) is 14.0. The molecule has 19 heavy (non-hydrogen) atoms. The van der Waals surface area contributed by atoms with Crippen LogP contribution in [0, 0.1) is 11.3 Å². The molecule has 1 aromatic carbocycles. The maximum atomic E-state index is 6.39. The van der Waals surface area contributed by atoms with Gasteiger partial charge in [0.25, 0.3) is 0 Å². The van der Waals surface area contributed by atoms with E-state index in [1.54, 1.807) is 0 Å². The van der Waals surface area contributed by atoms with Crippen molar-refractivity contribution in [3.05, 3.63) is 34.3 Å². The summed E-state index contributed by atoms with van der Waals surface area (Å²) in [5.74, 6) is 0.627. The molecule has 3 heteroatoms. The van der Waals surface area contributed by atoms with Crippen LogP contribution in [0.1, 0.15) is 32.3 Å². The fourth-order valence-electron chi connectivity index (χ4n) is 3.13. The maximum absolute atomic E-state index is 6.39. The van der Waals surface area contributed by atoms with Crippen LogP contribution in [0.15, 0.2) is 28.7 Å². The molecule has 0 radical (unpaired) electrons. The molecule has 0 aromatic heterocycles. The Bertz CT molecular complexity index is 431. The van der Waals surface area contributed by atoms with Crippen molar-refractivity contribution < 1.29 is 0 Å². The Hall–Kier alpha value is -0.380. The number of benzene rings is 1.